The minimum atomic E-state index is -1.23. The Labute approximate surface area is 170 Å². The number of hydrogen-bond acceptors (Lipinski definition) is 5. The minimum absolute atomic E-state index is 0.0693. The molecule has 0 bridgehead atoms. The molecule has 0 radical (unpaired) electrons. The molecule has 30 heavy (non-hydrogen) atoms. The quantitative estimate of drug-likeness (QED) is 0.347. The summed E-state index contributed by atoms with van der Waals surface area (Å²) in [6.45, 7) is 0. The third-order valence-corrected chi connectivity index (χ3v) is 5.77. The minimum Gasteiger partial charge on any atom is -0.504 e. The van der Waals surface area contributed by atoms with Gasteiger partial charge in [0.05, 0.1) is 5.56 Å². The highest BCUT2D eigenvalue weighted by Crippen LogP contribution is 2.45. The average Bonchev–Trinajstić information content (AvgIpc) is 3.01. The Hall–Kier alpha value is -4.00. The summed E-state index contributed by atoms with van der Waals surface area (Å²) in [7, 11) is 1.95. The third kappa shape index (κ3) is 2.45. The monoisotopic (exact) mass is 403 g/mol. The number of nitrogens with zero attached hydrogens (tertiary/aromatic N) is 1. The normalized spacial score (nSPS) is 18.4. The standard InChI is InChI=1S/C23H17NO6/c1-24-16-5-3-2-4-12(16)13-8-11(6-7-17(13)24)21-20(22(27)28)14-9-18(25)19(26)10-15(14)23(29)30-21/h2-10,20-21,25-26H,1H3,(H,27,28)/t20-,21+/m0/s1. The average molecular weight is 403 g/mol. The van der Waals surface area contributed by atoms with E-state index in [1.807, 2.05) is 48.0 Å². The lowest BCUT2D eigenvalue weighted by Gasteiger charge is -2.31. The molecule has 0 saturated carbocycles. The van der Waals surface area contributed by atoms with E-state index in [1.165, 1.54) is 0 Å². The predicted octanol–water partition coefficient (Wildman–Crippen LogP) is 3.82. The number of rotatable bonds is 2. The Morgan fingerprint density at radius 1 is 0.967 bits per heavy atom. The smallest absolute Gasteiger partial charge is 0.339 e. The van der Waals surface area contributed by atoms with Crippen molar-refractivity contribution in [3.63, 3.8) is 0 Å². The van der Waals surface area contributed by atoms with E-state index in [-0.39, 0.29) is 11.1 Å². The number of benzene rings is 3. The van der Waals surface area contributed by atoms with Crippen LogP contribution in [0.3, 0.4) is 0 Å². The van der Waals surface area contributed by atoms with E-state index in [4.69, 9.17) is 4.74 Å². The van der Waals surface area contributed by atoms with Crippen molar-refractivity contribution in [3.8, 4) is 11.5 Å². The third-order valence-electron chi connectivity index (χ3n) is 5.77. The van der Waals surface area contributed by atoms with Gasteiger partial charge in [-0.25, -0.2) is 4.79 Å². The van der Waals surface area contributed by atoms with Crippen LogP contribution >= 0.6 is 0 Å². The van der Waals surface area contributed by atoms with Gasteiger partial charge >= 0.3 is 11.9 Å². The zero-order chi connectivity index (χ0) is 21.2. The number of phenolic OH excluding ortho intramolecular Hbond substituents is 2. The van der Waals surface area contributed by atoms with Crippen LogP contribution in [0.2, 0.25) is 0 Å². The summed E-state index contributed by atoms with van der Waals surface area (Å²) in [4.78, 5) is 24.7. The number of carbonyl (C=O) groups excluding carboxylic acids is 1. The van der Waals surface area contributed by atoms with E-state index in [1.54, 1.807) is 6.07 Å². The van der Waals surface area contributed by atoms with Crippen molar-refractivity contribution in [2.24, 2.45) is 7.05 Å². The van der Waals surface area contributed by atoms with Crippen LogP contribution in [0, 0.1) is 0 Å². The summed E-state index contributed by atoms with van der Waals surface area (Å²) in [5.74, 6) is -4.17. The molecule has 7 heteroatoms. The van der Waals surface area contributed by atoms with Crippen LogP contribution in [-0.4, -0.2) is 31.8 Å². The maximum atomic E-state index is 12.6. The molecule has 0 fully saturated rings. The topological polar surface area (TPSA) is 109 Å². The molecule has 2 atom stereocenters. The number of aromatic nitrogens is 1. The Balaban J connectivity index is 1.72. The number of esters is 1. The molecule has 0 unspecified atom stereocenters. The van der Waals surface area contributed by atoms with Crippen LogP contribution < -0.4 is 0 Å². The largest absolute Gasteiger partial charge is 0.504 e. The van der Waals surface area contributed by atoms with Gasteiger partial charge in [-0.15, -0.1) is 0 Å². The van der Waals surface area contributed by atoms with E-state index >= 15 is 0 Å². The number of cyclic esters (lactones) is 1. The maximum absolute atomic E-state index is 12.6. The fourth-order valence-electron chi connectivity index (χ4n) is 4.32. The number of phenols is 2. The molecular formula is C23H17NO6. The Morgan fingerprint density at radius 2 is 1.67 bits per heavy atom. The van der Waals surface area contributed by atoms with Gasteiger partial charge in [0.2, 0.25) is 0 Å². The number of carboxylic acid groups (broad SMARTS) is 1. The molecule has 0 amide bonds. The first-order chi connectivity index (χ1) is 14.4. The fraction of sp³-hybridized carbons (Fsp3) is 0.130. The molecule has 0 aliphatic carbocycles. The zero-order valence-corrected chi connectivity index (χ0v) is 15.9. The Morgan fingerprint density at radius 3 is 2.43 bits per heavy atom. The number of aliphatic carboxylic acids is 1. The van der Waals surface area contributed by atoms with Crippen LogP contribution in [0.4, 0.5) is 0 Å². The van der Waals surface area contributed by atoms with Crippen molar-refractivity contribution in [2.75, 3.05) is 0 Å². The maximum Gasteiger partial charge on any atom is 0.339 e. The van der Waals surface area contributed by atoms with Crippen molar-refractivity contribution >= 4 is 33.7 Å². The second-order valence-electron chi connectivity index (χ2n) is 7.42. The molecule has 4 aromatic rings. The number of para-hydroxylation sites is 1. The van der Waals surface area contributed by atoms with Crippen molar-refractivity contribution < 1.29 is 29.6 Å². The van der Waals surface area contributed by atoms with E-state index in [0.29, 0.717) is 5.56 Å². The number of aryl methyl sites for hydroxylation is 1. The number of hydrogen-bond donors (Lipinski definition) is 3. The van der Waals surface area contributed by atoms with Crippen LogP contribution in [0.5, 0.6) is 11.5 Å². The highest BCUT2D eigenvalue weighted by Gasteiger charge is 2.42. The zero-order valence-electron chi connectivity index (χ0n) is 15.9. The fourth-order valence-corrected chi connectivity index (χ4v) is 4.32. The van der Waals surface area contributed by atoms with E-state index < -0.39 is 35.5 Å². The lowest BCUT2D eigenvalue weighted by atomic mass is 9.83. The van der Waals surface area contributed by atoms with Crippen LogP contribution in [-0.2, 0) is 16.6 Å². The summed E-state index contributed by atoms with van der Waals surface area (Å²) in [5, 5.41) is 31.4. The van der Waals surface area contributed by atoms with Crippen molar-refractivity contribution in [1.29, 1.82) is 0 Å². The summed E-state index contributed by atoms with van der Waals surface area (Å²) < 4.78 is 7.56. The van der Waals surface area contributed by atoms with Gasteiger partial charge in [-0.1, -0.05) is 24.3 Å². The van der Waals surface area contributed by atoms with Crippen molar-refractivity contribution in [1.82, 2.24) is 4.57 Å². The van der Waals surface area contributed by atoms with Gasteiger partial charge in [0.25, 0.3) is 0 Å². The number of fused-ring (bicyclic) bond motifs is 4. The molecule has 3 aromatic carbocycles. The Kier molecular flexibility index (Phi) is 3.76. The SMILES string of the molecule is Cn1c2ccccc2c2cc([C@H]3OC(=O)c4cc(O)c(O)cc4[C@@H]3C(=O)O)ccc21. The van der Waals surface area contributed by atoms with Crippen LogP contribution in [0.25, 0.3) is 21.8 Å². The first kappa shape index (κ1) is 18.1. The molecule has 2 heterocycles. The number of aromatic hydroxyl groups is 2. The van der Waals surface area contributed by atoms with E-state index in [9.17, 15) is 24.9 Å². The van der Waals surface area contributed by atoms with Gasteiger partial charge < -0.3 is 24.6 Å². The summed E-state index contributed by atoms with van der Waals surface area (Å²) in [6, 6.07) is 15.5. The number of carbonyl (C=O) groups is 2. The van der Waals surface area contributed by atoms with Gasteiger partial charge in [-0.2, -0.15) is 0 Å². The Bertz CT molecular complexity index is 1370. The first-order valence-corrected chi connectivity index (χ1v) is 9.33. The predicted molar refractivity (Wildman–Crippen MR) is 109 cm³/mol. The van der Waals surface area contributed by atoms with Crippen LogP contribution in [0.15, 0.2) is 54.6 Å². The van der Waals surface area contributed by atoms with E-state index in [2.05, 4.69) is 0 Å². The highest BCUT2D eigenvalue weighted by molar-refractivity contribution is 6.08. The highest BCUT2D eigenvalue weighted by atomic mass is 16.5. The first-order valence-electron chi connectivity index (χ1n) is 9.33. The van der Waals surface area contributed by atoms with Crippen molar-refractivity contribution in [2.45, 2.75) is 12.0 Å². The summed E-state index contributed by atoms with van der Waals surface area (Å²) in [6.07, 6.45) is -1.07. The summed E-state index contributed by atoms with van der Waals surface area (Å²) in [5.41, 5.74) is 2.58. The van der Waals surface area contributed by atoms with Gasteiger partial charge in [0.1, 0.15) is 12.0 Å². The molecule has 0 spiro atoms. The molecule has 5 rings (SSSR count). The van der Waals surface area contributed by atoms with Crippen molar-refractivity contribution in [3.05, 3.63) is 71.3 Å². The molecular weight excluding hydrogens is 386 g/mol. The molecule has 1 aliphatic rings. The molecule has 3 N–H and O–H groups in total. The van der Waals surface area contributed by atoms with E-state index in [0.717, 1.165) is 33.9 Å². The molecule has 1 aromatic heterocycles. The second-order valence-corrected chi connectivity index (χ2v) is 7.42. The molecule has 7 nitrogen and oxygen atoms in total. The number of carboxylic acids is 1. The van der Waals surface area contributed by atoms with Gasteiger partial charge in [0, 0.05) is 28.9 Å². The molecule has 1 aliphatic heterocycles. The molecule has 150 valence electrons. The summed E-state index contributed by atoms with van der Waals surface area (Å²) >= 11 is 0. The lowest BCUT2D eigenvalue weighted by Crippen LogP contribution is -2.31. The second kappa shape index (κ2) is 6.25. The lowest BCUT2D eigenvalue weighted by molar-refractivity contribution is -0.142. The van der Waals surface area contributed by atoms with Gasteiger partial charge in [-0.3, -0.25) is 4.79 Å². The molecule has 0 saturated heterocycles. The number of ether oxygens (including phenoxy) is 1. The van der Waals surface area contributed by atoms with Gasteiger partial charge in [-0.05, 0) is 41.5 Å². The van der Waals surface area contributed by atoms with Gasteiger partial charge in [0.15, 0.2) is 11.5 Å². The van der Waals surface area contributed by atoms with Crippen LogP contribution in [0.1, 0.15) is 33.5 Å².